The van der Waals surface area contributed by atoms with E-state index in [0.29, 0.717) is 26.2 Å². The summed E-state index contributed by atoms with van der Waals surface area (Å²) in [7, 11) is 1.62. The van der Waals surface area contributed by atoms with Crippen LogP contribution in [0.1, 0.15) is 26.2 Å². The van der Waals surface area contributed by atoms with E-state index >= 15 is 0 Å². The molecule has 1 heterocycles. The monoisotopic (exact) mass is 338 g/mol. The van der Waals surface area contributed by atoms with Gasteiger partial charge >= 0.3 is 5.97 Å². The summed E-state index contributed by atoms with van der Waals surface area (Å²) in [4.78, 5) is 11.8. The van der Waals surface area contributed by atoms with Gasteiger partial charge in [0.2, 0.25) is 0 Å². The molecule has 0 saturated carbocycles. The first-order valence-corrected chi connectivity index (χ1v) is 8.35. The van der Waals surface area contributed by atoms with Crippen LogP contribution in [0.15, 0.2) is 24.3 Å². The van der Waals surface area contributed by atoms with E-state index in [9.17, 15) is 4.79 Å². The fourth-order valence-corrected chi connectivity index (χ4v) is 2.31. The van der Waals surface area contributed by atoms with Crippen molar-refractivity contribution < 1.29 is 28.5 Å². The molecule has 1 fully saturated rings. The molecule has 2 atom stereocenters. The first kappa shape index (κ1) is 18.5. The molecule has 134 valence electrons. The molecule has 1 saturated heterocycles. The van der Waals surface area contributed by atoms with Gasteiger partial charge in [0.05, 0.1) is 33.0 Å². The highest BCUT2D eigenvalue weighted by Gasteiger charge is 2.20. The van der Waals surface area contributed by atoms with Gasteiger partial charge in [-0.05, 0) is 44.0 Å². The molecule has 0 spiro atoms. The Labute approximate surface area is 143 Å². The summed E-state index contributed by atoms with van der Waals surface area (Å²) < 4.78 is 26.8. The Morgan fingerprint density at radius 2 is 2.00 bits per heavy atom. The molecule has 0 N–H and O–H groups in total. The lowest BCUT2D eigenvalue weighted by atomic mass is 10.2. The SMILES string of the molecule is COc1ccc(OCCCOC(=O)C(C)OCC2CCCO2)cc1. The molecule has 0 bridgehead atoms. The third-order valence-electron chi connectivity index (χ3n) is 3.75. The highest BCUT2D eigenvalue weighted by Crippen LogP contribution is 2.17. The first-order chi connectivity index (χ1) is 11.7. The molecule has 1 aromatic rings. The maximum Gasteiger partial charge on any atom is 0.334 e. The zero-order valence-electron chi connectivity index (χ0n) is 14.4. The zero-order chi connectivity index (χ0) is 17.2. The van der Waals surface area contributed by atoms with E-state index < -0.39 is 6.10 Å². The molecule has 2 unspecified atom stereocenters. The Hall–Kier alpha value is -1.79. The van der Waals surface area contributed by atoms with Crippen LogP contribution in [0.25, 0.3) is 0 Å². The van der Waals surface area contributed by atoms with Gasteiger partial charge < -0.3 is 23.7 Å². The molecule has 6 heteroatoms. The van der Waals surface area contributed by atoms with Crippen LogP contribution in [-0.4, -0.2) is 51.7 Å². The van der Waals surface area contributed by atoms with E-state index in [4.69, 9.17) is 23.7 Å². The third-order valence-corrected chi connectivity index (χ3v) is 3.75. The number of rotatable bonds is 10. The standard InChI is InChI=1S/C18H26O6/c1-14(24-13-17-5-3-10-22-17)18(19)23-12-4-11-21-16-8-6-15(20-2)7-9-16/h6-9,14,17H,3-5,10-13H2,1-2H3. The lowest BCUT2D eigenvalue weighted by molar-refractivity contribution is -0.158. The summed E-state index contributed by atoms with van der Waals surface area (Å²) in [5.41, 5.74) is 0. The molecule has 1 aliphatic rings. The second kappa shape index (κ2) is 10.2. The lowest BCUT2D eigenvalue weighted by Gasteiger charge is -2.15. The summed E-state index contributed by atoms with van der Waals surface area (Å²) in [6, 6.07) is 7.35. The molecule has 0 radical (unpaired) electrons. The van der Waals surface area contributed by atoms with E-state index in [-0.39, 0.29) is 12.1 Å². The largest absolute Gasteiger partial charge is 0.497 e. The molecule has 2 rings (SSSR count). The number of ether oxygens (including phenoxy) is 5. The number of hydrogen-bond donors (Lipinski definition) is 0. The summed E-state index contributed by atoms with van der Waals surface area (Å²) >= 11 is 0. The molecule has 0 amide bonds. The van der Waals surface area contributed by atoms with Crippen LogP contribution >= 0.6 is 0 Å². The minimum atomic E-state index is -0.572. The normalized spacial score (nSPS) is 18.2. The molecule has 24 heavy (non-hydrogen) atoms. The van der Waals surface area contributed by atoms with Crippen molar-refractivity contribution in [3.63, 3.8) is 0 Å². The quantitative estimate of drug-likeness (QED) is 0.483. The maximum atomic E-state index is 11.8. The molecular formula is C18H26O6. The van der Waals surface area contributed by atoms with Crippen LogP contribution in [0, 0.1) is 0 Å². The van der Waals surface area contributed by atoms with E-state index in [0.717, 1.165) is 30.9 Å². The molecule has 1 aromatic carbocycles. The summed E-state index contributed by atoms with van der Waals surface area (Å²) in [5, 5.41) is 0. The fourth-order valence-electron chi connectivity index (χ4n) is 2.31. The predicted octanol–water partition coefficient (Wildman–Crippen LogP) is 2.59. The summed E-state index contributed by atoms with van der Waals surface area (Å²) in [6.45, 7) is 3.70. The maximum absolute atomic E-state index is 11.8. The Balaban J connectivity index is 1.53. The Kier molecular flexibility index (Phi) is 7.85. The molecule has 6 nitrogen and oxygen atoms in total. The van der Waals surface area contributed by atoms with E-state index in [1.807, 2.05) is 24.3 Å². The topological polar surface area (TPSA) is 63.2 Å². The number of hydrogen-bond acceptors (Lipinski definition) is 6. The van der Waals surface area contributed by atoms with Gasteiger partial charge in [0.1, 0.15) is 11.5 Å². The smallest absolute Gasteiger partial charge is 0.334 e. The van der Waals surface area contributed by atoms with Crippen LogP contribution in [0.4, 0.5) is 0 Å². The minimum Gasteiger partial charge on any atom is -0.497 e. The van der Waals surface area contributed by atoms with Gasteiger partial charge in [0.25, 0.3) is 0 Å². The number of benzene rings is 1. The van der Waals surface area contributed by atoms with Gasteiger partial charge in [0, 0.05) is 13.0 Å². The van der Waals surface area contributed by atoms with Gasteiger partial charge in [-0.25, -0.2) is 4.79 Å². The van der Waals surface area contributed by atoms with Crippen LogP contribution in [0.2, 0.25) is 0 Å². The van der Waals surface area contributed by atoms with E-state index in [2.05, 4.69) is 0 Å². The third kappa shape index (κ3) is 6.37. The van der Waals surface area contributed by atoms with Crippen molar-refractivity contribution in [3.8, 4) is 11.5 Å². The average molecular weight is 338 g/mol. The predicted molar refractivity (Wildman–Crippen MR) is 88.5 cm³/mol. The summed E-state index contributed by atoms with van der Waals surface area (Å²) in [6.07, 6.45) is 2.21. The van der Waals surface area contributed by atoms with E-state index in [1.165, 1.54) is 0 Å². The van der Waals surface area contributed by atoms with Crippen molar-refractivity contribution in [2.75, 3.05) is 33.5 Å². The van der Waals surface area contributed by atoms with Crippen molar-refractivity contribution in [2.24, 2.45) is 0 Å². The van der Waals surface area contributed by atoms with Crippen LogP contribution < -0.4 is 9.47 Å². The van der Waals surface area contributed by atoms with Crippen molar-refractivity contribution in [1.29, 1.82) is 0 Å². The highest BCUT2D eigenvalue weighted by molar-refractivity contribution is 5.74. The number of carbonyl (C=O) groups is 1. The van der Waals surface area contributed by atoms with Crippen molar-refractivity contribution in [1.82, 2.24) is 0 Å². The number of esters is 1. The van der Waals surface area contributed by atoms with Crippen LogP contribution in [0.3, 0.4) is 0 Å². The van der Waals surface area contributed by atoms with Gasteiger partial charge in [-0.1, -0.05) is 0 Å². The fraction of sp³-hybridized carbons (Fsp3) is 0.611. The van der Waals surface area contributed by atoms with Crippen molar-refractivity contribution >= 4 is 5.97 Å². The second-order valence-electron chi connectivity index (χ2n) is 5.66. The van der Waals surface area contributed by atoms with Crippen molar-refractivity contribution in [2.45, 2.75) is 38.4 Å². The zero-order valence-corrected chi connectivity index (χ0v) is 14.4. The number of carbonyl (C=O) groups excluding carboxylic acids is 1. The Morgan fingerprint density at radius 3 is 2.67 bits per heavy atom. The summed E-state index contributed by atoms with van der Waals surface area (Å²) in [5.74, 6) is 1.20. The van der Waals surface area contributed by atoms with Crippen LogP contribution in [-0.2, 0) is 19.0 Å². The average Bonchev–Trinajstić information content (AvgIpc) is 3.13. The van der Waals surface area contributed by atoms with Gasteiger partial charge in [0.15, 0.2) is 6.10 Å². The minimum absolute atomic E-state index is 0.109. The lowest BCUT2D eigenvalue weighted by Crippen LogP contribution is -2.27. The van der Waals surface area contributed by atoms with Gasteiger partial charge in [-0.2, -0.15) is 0 Å². The van der Waals surface area contributed by atoms with Gasteiger partial charge in [-0.15, -0.1) is 0 Å². The van der Waals surface area contributed by atoms with Gasteiger partial charge in [-0.3, -0.25) is 0 Å². The Bertz CT molecular complexity index is 481. The first-order valence-electron chi connectivity index (χ1n) is 8.35. The van der Waals surface area contributed by atoms with Crippen molar-refractivity contribution in [3.05, 3.63) is 24.3 Å². The molecule has 1 aliphatic heterocycles. The van der Waals surface area contributed by atoms with Crippen LogP contribution in [0.5, 0.6) is 11.5 Å². The molecular weight excluding hydrogens is 312 g/mol. The highest BCUT2D eigenvalue weighted by atomic mass is 16.6. The molecule has 0 aliphatic carbocycles. The van der Waals surface area contributed by atoms with E-state index in [1.54, 1.807) is 14.0 Å². The number of methoxy groups -OCH3 is 1. The Morgan fingerprint density at radius 1 is 1.25 bits per heavy atom. The second-order valence-corrected chi connectivity index (χ2v) is 5.66. The molecule has 0 aromatic heterocycles.